The quantitative estimate of drug-likeness (QED) is 0.853. The van der Waals surface area contributed by atoms with E-state index in [1.165, 1.54) is 11.1 Å². The Morgan fingerprint density at radius 1 is 1.21 bits per heavy atom. The van der Waals surface area contributed by atoms with Crippen LogP contribution in [0, 0.1) is 11.8 Å². The maximum Gasteiger partial charge on any atom is 0.417 e. The Balaban J connectivity index is 1.55. The number of carboxylic acids is 1. The number of hydrogen-bond donors (Lipinski definition) is 1. The smallest absolute Gasteiger partial charge is 0.417 e. The Labute approximate surface area is 157 Å². The van der Waals surface area contributed by atoms with Crippen LogP contribution in [0.25, 0.3) is 5.82 Å². The van der Waals surface area contributed by atoms with E-state index in [-0.39, 0.29) is 23.3 Å². The van der Waals surface area contributed by atoms with E-state index in [2.05, 4.69) is 15.3 Å². The average Bonchev–Trinajstić information content (AvgIpc) is 3.35. The second-order valence-corrected chi connectivity index (χ2v) is 7.05. The molecule has 2 aromatic heterocycles. The third-order valence-corrected chi connectivity index (χ3v) is 5.43. The van der Waals surface area contributed by atoms with Crippen molar-refractivity contribution in [3.05, 3.63) is 35.8 Å². The third-order valence-electron chi connectivity index (χ3n) is 5.43. The molecule has 1 aliphatic carbocycles. The van der Waals surface area contributed by atoms with Gasteiger partial charge in [0.25, 0.3) is 5.91 Å². The number of likely N-dealkylation sites (tertiary alicyclic amines) is 1. The van der Waals surface area contributed by atoms with E-state index in [0.717, 1.165) is 36.1 Å². The van der Waals surface area contributed by atoms with Crippen LogP contribution in [0.1, 0.15) is 35.3 Å². The summed E-state index contributed by atoms with van der Waals surface area (Å²) in [7, 11) is 0. The minimum atomic E-state index is -4.51. The number of nitrogens with zero attached hydrogens (tertiary/aromatic N) is 5. The van der Waals surface area contributed by atoms with Crippen molar-refractivity contribution in [2.24, 2.45) is 11.8 Å². The molecule has 3 atom stereocenters. The van der Waals surface area contributed by atoms with Gasteiger partial charge >= 0.3 is 12.1 Å². The summed E-state index contributed by atoms with van der Waals surface area (Å²) in [5.74, 6) is -1.43. The number of carboxylic acid groups (broad SMARTS) is 1. The first kappa shape index (κ1) is 18.4. The molecule has 8 nitrogen and oxygen atoms in total. The van der Waals surface area contributed by atoms with Crippen molar-refractivity contribution in [2.75, 3.05) is 6.54 Å². The van der Waals surface area contributed by atoms with Crippen LogP contribution < -0.4 is 0 Å². The van der Waals surface area contributed by atoms with Crippen molar-refractivity contribution in [3.8, 4) is 5.82 Å². The lowest BCUT2D eigenvalue weighted by atomic mass is 9.94. The SMILES string of the molecule is O=C(O)C1C2CCCC2CN1C(=O)c1cn(-c2ccc(C(F)(F)F)cn2)nn1. The molecule has 0 bridgehead atoms. The molecule has 2 aliphatic rings. The molecule has 0 spiro atoms. The van der Waals surface area contributed by atoms with Gasteiger partial charge in [-0.15, -0.1) is 5.10 Å². The molecular formula is C17H16F3N5O3. The number of carbonyl (C=O) groups excluding carboxylic acids is 1. The van der Waals surface area contributed by atoms with Crippen molar-refractivity contribution in [2.45, 2.75) is 31.5 Å². The predicted octanol–water partition coefficient (Wildman–Crippen LogP) is 2.01. The Bertz CT molecular complexity index is 912. The van der Waals surface area contributed by atoms with E-state index in [0.29, 0.717) is 12.7 Å². The Hall–Kier alpha value is -2.98. The van der Waals surface area contributed by atoms with Crippen LogP contribution in [-0.4, -0.2) is 54.4 Å². The minimum Gasteiger partial charge on any atom is -0.480 e. The van der Waals surface area contributed by atoms with Gasteiger partial charge in [0.2, 0.25) is 0 Å². The normalized spacial score (nSPS) is 24.4. The van der Waals surface area contributed by atoms with Gasteiger partial charge in [0.15, 0.2) is 11.5 Å². The van der Waals surface area contributed by atoms with Gasteiger partial charge in [0.05, 0.1) is 11.8 Å². The Morgan fingerprint density at radius 3 is 2.64 bits per heavy atom. The lowest BCUT2D eigenvalue weighted by Crippen LogP contribution is -2.43. The second-order valence-electron chi connectivity index (χ2n) is 7.05. The fourth-order valence-electron chi connectivity index (χ4n) is 4.14. The predicted molar refractivity (Wildman–Crippen MR) is 87.4 cm³/mol. The highest BCUT2D eigenvalue weighted by atomic mass is 19.4. The summed E-state index contributed by atoms with van der Waals surface area (Å²) in [6.07, 6.45) is 0.0190. The monoisotopic (exact) mass is 395 g/mol. The maximum absolute atomic E-state index is 12.8. The molecule has 2 aromatic rings. The molecule has 1 amide bonds. The molecule has 3 unspecified atom stereocenters. The van der Waals surface area contributed by atoms with Gasteiger partial charge in [0, 0.05) is 12.7 Å². The lowest BCUT2D eigenvalue weighted by Gasteiger charge is -2.23. The molecule has 3 heterocycles. The average molecular weight is 395 g/mol. The van der Waals surface area contributed by atoms with Gasteiger partial charge in [-0.2, -0.15) is 13.2 Å². The first-order valence-corrected chi connectivity index (χ1v) is 8.75. The summed E-state index contributed by atoms with van der Waals surface area (Å²) in [6.45, 7) is 0.353. The second kappa shape index (κ2) is 6.57. The molecule has 11 heteroatoms. The number of halogens is 3. The maximum atomic E-state index is 12.8. The van der Waals surface area contributed by atoms with Crippen LogP contribution in [0.4, 0.5) is 13.2 Å². The number of fused-ring (bicyclic) bond motifs is 1. The molecule has 4 rings (SSSR count). The van der Waals surface area contributed by atoms with E-state index in [9.17, 15) is 27.9 Å². The molecule has 1 aliphatic heterocycles. The minimum absolute atomic E-state index is 0.0620. The molecular weight excluding hydrogens is 379 g/mol. The summed E-state index contributed by atoms with van der Waals surface area (Å²) < 4.78 is 39.0. The zero-order valence-corrected chi connectivity index (χ0v) is 14.5. The molecule has 1 N–H and O–H groups in total. The Morgan fingerprint density at radius 2 is 2.00 bits per heavy atom. The number of pyridine rings is 1. The molecule has 1 saturated heterocycles. The van der Waals surface area contributed by atoms with E-state index in [1.54, 1.807) is 0 Å². The fraction of sp³-hybridized carbons (Fsp3) is 0.471. The molecule has 148 valence electrons. The number of aromatic nitrogens is 4. The van der Waals surface area contributed by atoms with Crippen LogP contribution >= 0.6 is 0 Å². The summed E-state index contributed by atoms with van der Waals surface area (Å²) in [6, 6.07) is 1.08. The van der Waals surface area contributed by atoms with Gasteiger partial charge in [-0.25, -0.2) is 14.5 Å². The molecule has 0 aromatic carbocycles. The molecule has 1 saturated carbocycles. The van der Waals surface area contributed by atoms with E-state index in [1.807, 2.05) is 0 Å². The molecule has 0 radical (unpaired) electrons. The lowest BCUT2D eigenvalue weighted by molar-refractivity contribution is -0.142. The van der Waals surface area contributed by atoms with Crippen LogP contribution in [-0.2, 0) is 11.0 Å². The van der Waals surface area contributed by atoms with Crippen molar-refractivity contribution >= 4 is 11.9 Å². The first-order chi connectivity index (χ1) is 13.3. The van der Waals surface area contributed by atoms with Crippen molar-refractivity contribution in [1.29, 1.82) is 0 Å². The van der Waals surface area contributed by atoms with Gasteiger partial charge in [-0.05, 0) is 36.8 Å². The van der Waals surface area contributed by atoms with Crippen LogP contribution in [0.2, 0.25) is 0 Å². The molecule has 2 fully saturated rings. The van der Waals surface area contributed by atoms with E-state index in [4.69, 9.17) is 0 Å². The van der Waals surface area contributed by atoms with Gasteiger partial charge < -0.3 is 10.0 Å². The molecule has 28 heavy (non-hydrogen) atoms. The number of carbonyl (C=O) groups is 2. The van der Waals surface area contributed by atoms with Gasteiger partial charge in [-0.1, -0.05) is 11.6 Å². The van der Waals surface area contributed by atoms with Crippen molar-refractivity contribution < 1.29 is 27.9 Å². The van der Waals surface area contributed by atoms with Crippen LogP contribution in [0.15, 0.2) is 24.5 Å². The first-order valence-electron chi connectivity index (χ1n) is 8.75. The summed E-state index contributed by atoms with van der Waals surface area (Å²) in [5.41, 5.74) is -0.978. The third kappa shape index (κ3) is 3.10. The Kier molecular flexibility index (Phi) is 4.31. The highest BCUT2D eigenvalue weighted by Crippen LogP contribution is 2.42. The summed E-state index contributed by atoms with van der Waals surface area (Å²) in [5, 5.41) is 17.1. The van der Waals surface area contributed by atoms with Crippen LogP contribution in [0.5, 0.6) is 0 Å². The van der Waals surface area contributed by atoms with E-state index >= 15 is 0 Å². The number of hydrogen-bond acceptors (Lipinski definition) is 5. The summed E-state index contributed by atoms with van der Waals surface area (Å²) >= 11 is 0. The topological polar surface area (TPSA) is 101 Å². The highest BCUT2D eigenvalue weighted by Gasteiger charge is 2.50. The van der Waals surface area contributed by atoms with Crippen molar-refractivity contribution in [1.82, 2.24) is 24.9 Å². The van der Waals surface area contributed by atoms with Crippen LogP contribution in [0.3, 0.4) is 0 Å². The standard InChI is InChI=1S/C17H16F3N5O3/c18-17(19,20)10-4-5-13(21-6-10)25-8-12(22-23-25)15(26)24-7-9-2-1-3-11(9)14(24)16(27)28/h4-6,8-9,11,14H,1-3,7H2,(H,27,28). The van der Waals surface area contributed by atoms with Gasteiger partial charge in [-0.3, -0.25) is 4.79 Å². The number of amides is 1. The fourth-order valence-corrected chi connectivity index (χ4v) is 4.14. The van der Waals surface area contributed by atoms with Crippen molar-refractivity contribution in [3.63, 3.8) is 0 Å². The van der Waals surface area contributed by atoms with E-state index < -0.39 is 29.7 Å². The number of rotatable bonds is 3. The largest absolute Gasteiger partial charge is 0.480 e. The van der Waals surface area contributed by atoms with Gasteiger partial charge in [0.1, 0.15) is 6.04 Å². The number of alkyl halides is 3. The highest BCUT2D eigenvalue weighted by molar-refractivity contribution is 5.95. The summed E-state index contributed by atoms with van der Waals surface area (Å²) in [4.78, 5) is 29.5. The zero-order valence-electron chi connectivity index (χ0n) is 14.5. The number of aliphatic carboxylic acids is 1. The zero-order chi connectivity index (χ0) is 20.1.